The Morgan fingerprint density at radius 2 is 1.71 bits per heavy atom. The molecule has 1 N–H and O–H groups in total. The van der Waals surface area contributed by atoms with E-state index in [2.05, 4.69) is 5.32 Å². The fourth-order valence-electron chi connectivity index (χ4n) is 3.09. The molecule has 0 aliphatic rings. The van der Waals surface area contributed by atoms with Crippen LogP contribution in [0.2, 0.25) is 0 Å². The Balaban J connectivity index is 1.72. The molecular formula is C23H25NO5S2. The first kappa shape index (κ1) is 22.8. The molecule has 0 saturated carbocycles. The van der Waals surface area contributed by atoms with Crippen LogP contribution in [0.4, 0.5) is 0 Å². The largest absolute Gasteiger partial charge is 0.497 e. The van der Waals surface area contributed by atoms with Crippen molar-refractivity contribution < 1.29 is 22.7 Å². The highest BCUT2D eigenvalue weighted by Crippen LogP contribution is 2.32. The van der Waals surface area contributed by atoms with Crippen LogP contribution < -0.4 is 14.8 Å². The van der Waals surface area contributed by atoms with E-state index in [-0.39, 0.29) is 23.8 Å². The fraction of sp³-hybridized carbons (Fsp3) is 0.261. The number of sulfone groups is 1. The van der Waals surface area contributed by atoms with Gasteiger partial charge in [0.2, 0.25) is 5.91 Å². The minimum absolute atomic E-state index is 0.00919. The number of ether oxygens (including phenoxy) is 2. The highest BCUT2D eigenvalue weighted by Gasteiger charge is 2.30. The first-order chi connectivity index (χ1) is 14.9. The zero-order valence-corrected chi connectivity index (χ0v) is 19.0. The van der Waals surface area contributed by atoms with Gasteiger partial charge in [-0.05, 0) is 60.3 Å². The van der Waals surface area contributed by atoms with Crippen molar-refractivity contribution in [2.24, 2.45) is 0 Å². The minimum atomic E-state index is -3.71. The molecular weight excluding hydrogens is 434 g/mol. The van der Waals surface area contributed by atoms with Gasteiger partial charge in [0.1, 0.15) is 16.7 Å². The summed E-state index contributed by atoms with van der Waals surface area (Å²) in [6.45, 7) is 2.47. The zero-order chi connectivity index (χ0) is 22.3. The molecule has 1 heterocycles. The number of hydrogen-bond acceptors (Lipinski definition) is 6. The van der Waals surface area contributed by atoms with Gasteiger partial charge < -0.3 is 14.8 Å². The van der Waals surface area contributed by atoms with E-state index < -0.39 is 15.1 Å². The molecule has 31 heavy (non-hydrogen) atoms. The Kier molecular flexibility index (Phi) is 7.70. The number of carbonyl (C=O) groups excluding carboxylic acids is 1. The molecule has 8 heteroatoms. The van der Waals surface area contributed by atoms with Crippen molar-refractivity contribution in [2.75, 3.05) is 20.3 Å². The lowest BCUT2D eigenvalue weighted by Crippen LogP contribution is -2.32. The number of nitrogens with one attached hydrogen (secondary N) is 1. The van der Waals surface area contributed by atoms with E-state index in [1.807, 2.05) is 36.6 Å². The van der Waals surface area contributed by atoms with Gasteiger partial charge in [0.25, 0.3) is 0 Å². The molecule has 3 rings (SSSR count). The summed E-state index contributed by atoms with van der Waals surface area (Å²) in [4.78, 5) is 13.4. The van der Waals surface area contributed by atoms with Crippen molar-refractivity contribution in [3.05, 3.63) is 76.5 Å². The van der Waals surface area contributed by atoms with E-state index in [4.69, 9.17) is 9.47 Å². The molecule has 0 radical (unpaired) electrons. The number of benzene rings is 2. The average molecular weight is 460 g/mol. The van der Waals surface area contributed by atoms with Gasteiger partial charge >= 0.3 is 0 Å². The number of hydrogen-bond donors (Lipinski definition) is 1. The first-order valence-electron chi connectivity index (χ1n) is 9.84. The van der Waals surface area contributed by atoms with Gasteiger partial charge in [0.05, 0.1) is 25.0 Å². The van der Waals surface area contributed by atoms with Gasteiger partial charge in [-0.15, -0.1) is 11.3 Å². The number of thiophene rings is 1. The molecule has 164 valence electrons. The summed E-state index contributed by atoms with van der Waals surface area (Å²) in [5, 5.41) is 3.75. The summed E-state index contributed by atoms with van der Waals surface area (Å²) >= 11 is 1.35. The van der Waals surface area contributed by atoms with Crippen molar-refractivity contribution in [3.63, 3.8) is 0 Å². The van der Waals surface area contributed by atoms with Crippen molar-refractivity contribution in [1.29, 1.82) is 0 Å². The Morgan fingerprint density at radius 1 is 1.03 bits per heavy atom. The van der Waals surface area contributed by atoms with E-state index >= 15 is 0 Å². The molecule has 0 fully saturated rings. The Bertz CT molecular complexity index is 1080. The van der Waals surface area contributed by atoms with Crippen LogP contribution in [-0.2, 0) is 21.1 Å². The second-order valence-electron chi connectivity index (χ2n) is 6.78. The van der Waals surface area contributed by atoms with E-state index in [1.165, 1.54) is 30.6 Å². The summed E-state index contributed by atoms with van der Waals surface area (Å²) in [5.41, 5.74) is 0.826. The maximum atomic E-state index is 13.3. The summed E-state index contributed by atoms with van der Waals surface area (Å²) in [6.07, 6.45) is 0.159. The molecule has 2 aromatic carbocycles. The predicted molar refractivity (Wildman–Crippen MR) is 122 cm³/mol. The van der Waals surface area contributed by atoms with E-state index in [0.29, 0.717) is 17.2 Å². The van der Waals surface area contributed by atoms with Crippen LogP contribution in [0.1, 0.15) is 22.6 Å². The summed E-state index contributed by atoms with van der Waals surface area (Å²) in [5.74, 6) is 1.08. The maximum Gasteiger partial charge on any atom is 0.224 e. The molecule has 0 saturated heterocycles. The van der Waals surface area contributed by atoms with Crippen LogP contribution in [-0.4, -0.2) is 34.6 Å². The van der Waals surface area contributed by atoms with Crippen LogP contribution >= 0.6 is 11.3 Å². The number of carbonyl (C=O) groups is 1. The van der Waals surface area contributed by atoms with Crippen LogP contribution in [0.3, 0.4) is 0 Å². The molecule has 0 aliphatic heterocycles. The second-order valence-corrected chi connectivity index (χ2v) is 9.89. The number of methoxy groups -OCH3 is 1. The topological polar surface area (TPSA) is 81.7 Å². The Morgan fingerprint density at radius 3 is 2.29 bits per heavy atom. The Hall–Kier alpha value is -2.84. The summed E-state index contributed by atoms with van der Waals surface area (Å²) in [6, 6.07) is 17.1. The quantitative estimate of drug-likeness (QED) is 0.495. The third-order valence-electron chi connectivity index (χ3n) is 4.71. The van der Waals surface area contributed by atoms with Crippen molar-refractivity contribution in [1.82, 2.24) is 5.32 Å². The molecule has 0 bridgehead atoms. The van der Waals surface area contributed by atoms with Crippen molar-refractivity contribution in [3.8, 4) is 11.5 Å². The monoisotopic (exact) mass is 459 g/mol. The van der Waals surface area contributed by atoms with E-state index in [9.17, 15) is 13.2 Å². The molecule has 0 unspecified atom stereocenters. The average Bonchev–Trinajstić information content (AvgIpc) is 3.30. The lowest BCUT2D eigenvalue weighted by atomic mass is 10.1. The number of rotatable bonds is 10. The van der Waals surface area contributed by atoms with Gasteiger partial charge in [0, 0.05) is 11.4 Å². The molecule has 1 atom stereocenters. The smallest absolute Gasteiger partial charge is 0.224 e. The van der Waals surface area contributed by atoms with E-state index in [1.54, 1.807) is 24.3 Å². The van der Waals surface area contributed by atoms with Crippen molar-refractivity contribution in [2.45, 2.75) is 23.5 Å². The standard InChI is InChI=1S/C23H25NO5S2/c1-3-29-19-8-6-17(7-9-19)15-23(25)24-16-22(21-5-4-14-30-21)31(26,27)20-12-10-18(28-2)11-13-20/h4-14,22H,3,15-16H2,1-2H3,(H,24,25)/t22-/m0/s1. The van der Waals surface area contributed by atoms with Gasteiger partial charge in [-0.1, -0.05) is 18.2 Å². The van der Waals surface area contributed by atoms with Crippen LogP contribution in [0.15, 0.2) is 70.9 Å². The lowest BCUT2D eigenvalue weighted by molar-refractivity contribution is -0.120. The fourth-order valence-corrected chi connectivity index (χ4v) is 5.88. The molecule has 6 nitrogen and oxygen atoms in total. The molecule has 1 amide bonds. The third-order valence-corrected chi connectivity index (χ3v) is 7.94. The Labute approximate surface area is 186 Å². The highest BCUT2D eigenvalue weighted by molar-refractivity contribution is 7.91. The predicted octanol–water partition coefficient (Wildman–Crippen LogP) is 4.03. The van der Waals surface area contributed by atoms with Crippen LogP contribution in [0.5, 0.6) is 11.5 Å². The second kappa shape index (κ2) is 10.5. The van der Waals surface area contributed by atoms with Crippen LogP contribution in [0.25, 0.3) is 0 Å². The van der Waals surface area contributed by atoms with Gasteiger partial charge in [-0.25, -0.2) is 8.42 Å². The molecule has 1 aromatic heterocycles. The third kappa shape index (κ3) is 5.86. The first-order valence-corrected chi connectivity index (χ1v) is 12.3. The van der Waals surface area contributed by atoms with E-state index in [0.717, 1.165) is 11.3 Å². The van der Waals surface area contributed by atoms with Crippen LogP contribution in [0, 0.1) is 0 Å². The number of amides is 1. The van der Waals surface area contributed by atoms with Gasteiger partial charge in [-0.3, -0.25) is 4.79 Å². The minimum Gasteiger partial charge on any atom is -0.497 e. The molecule has 0 aliphatic carbocycles. The summed E-state index contributed by atoms with van der Waals surface area (Å²) < 4.78 is 37.1. The van der Waals surface area contributed by atoms with Crippen molar-refractivity contribution >= 4 is 27.1 Å². The zero-order valence-electron chi connectivity index (χ0n) is 17.4. The summed E-state index contributed by atoms with van der Waals surface area (Å²) in [7, 11) is -2.18. The lowest BCUT2D eigenvalue weighted by Gasteiger charge is -2.18. The highest BCUT2D eigenvalue weighted by atomic mass is 32.2. The molecule has 3 aromatic rings. The van der Waals surface area contributed by atoms with Gasteiger partial charge in [0.15, 0.2) is 9.84 Å². The molecule has 0 spiro atoms. The normalized spacial score (nSPS) is 12.2. The maximum absolute atomic E-state index is 13.3. The SMILES string of the molecule is CCOc1ccc(CC(=O)NC[C@@H](c2cccs2)S(=O)(=O)c2ccc(OC)cc2)cc1. The van der Waals surface area contributed by atoms with Gasteiger partial charge in [-0.2, -0.15) is 0 Å².